The number of nitrogens with one attached hydrogen (secondary N) is 1. The molecule has 1 aromatic heterocycles. The first-order valence-corrected chi connectivity index (χ1v) is 11.4. The average molecular weight is 465 g/mol. The van der Waals surface area contributed by atoms with Crippen molar-refractivity contribution in [1.82, 2.24) is 10.3 Å². The molecule has 1 N–H and O–H groups in total. The topological polar surface area (TPSA) is 60.5 Å². The van der Waals surface area contributed by atoms with Crippen LogP contribution in [0.25, 0.3) is 11.3 Å². The Balaban J connectivity index is 1.78. The third kappa shape index (κ3) is 4.98. The van der Waals surface area contributed by atoms with E-state index in [0.717, 1.165) is 39.2 Å². The Bertz CT molecular complexity index is 1190. The van der Waals surface area contributed by atoms with Crippen LogP contribution in [0.2, 0.25) is 5.02 Å². The summed E-state index contributed by atoms with van der Waals surface area (Å²) in [5.74, 6) is 0.651. The van der Waals surface area contributed by atoms with Crippen LogP contribution >= 0.6 is 11.6 Å². The first-order valence-electron chi connectivity index (χ1n) is 11.1. The van der Waals surface area contributed by atoms with Gasteiger partial charge < -0.3 is 14.8 Å². The van der Waals surface area contributed by atoms with Crippen LogP contribution in [0.5, 0.6) is 5.75 Å². The highest BCUT2D eigenvalue weighted by atomic mass is 35.5. The lowest BCUT2D eigenvalue weighted by atomic mass is 9.85. The van der Waals surface area contributed by atoms with Gasteiger partial charge in [0.1, 0.15) is 12.4 Å². The number of rotatable bonds is 5. The average Bonchev–Trinajstić information content (AvgIpc) is 3.18. The molecular formula is C27H29ClN2O3. The standard InChI is InChI=1S/C27H29ClN2O3/c1-16-11-20(27(3,4)5)21(28)12-19(16)22-13-23(32-15-18-9-7-6-8-10-18)25(17(2)30-22)24-14-29-26(31)33-24/h6-13,24H,14-15H2,1-5H3,(H,29,31)/t24-/m1/s1. The minimum absolute atomic E-state index is 0.0587. The lowest BCUT2D eigenvalue weighted by molar-refractivity contribution is 0.138. The summed E-state index contributed by atoms with van der Waals surface area (Å²) < 4.78 is 11.7. The predicted molar refractivity (Wildman–Crippen MR) is 131 cm³/mol. The number of cyclic esters (lactones) is 1. The highest BCUT2D eigenvalue weighted by Crippen LogP contribution is 2.39. The van der Waals surface area contributed by atoms with Crippen molar-refractivity contribution in [2.45, 2.75) is 52.7 Å². The number of ether oxygens (including phenoxy) is 2. The van der Waals surface area contributed by atoms with E-state index < -0.39 is 12.2 Å². The second kappa shape index (κ2) is 9.06. The molecule has 4 rings (SSSR count). The number of benzene rings is 2. The van der Waals surface area contributed by atoms with Crippen molar-refractivity contribution in [3.63, 3.8) is 0 Å². The molecule has 0 unspecified atom stereocenters. The lowest BCUT2D eigenvalue weighted by Crippen LogP contribution is -2.14. The third-order valence-electron chi connectivity index (χ3n) is 5.85. The van der Waals surface area contributed by atoms with Crippen LogP contribution in [0.3, 0.4) is 0 Å². The Labute approximate surface area is 200 Å². The van der Waals surface area contributed by atoms with Crippen LogP contribution in [-0.2, 0) is 16.8 Å². The first kappa shape index (κ1) is 23.1. The monoisotopic (exact) mass is 464 g/mol. The van der Waals surface area contributed by atoms with Gasteiger partial charge in [0.25, 0.3) is 0 Å². The largest absolute Gasteiger partial charge is 0.488 e. The van der Waals surface area contributed by atoms with E-state index in [1.165, 1.54) is 0 Å². The van der Waals surface area contributed by atoms with Crippen LogP contribution < -0.4 is 10.1 Å². The highest BCUT2D eigenvalue weighted by molar-refractivity contribution is 6.31. The summed E-state index contributed by atoms with van der Waals surface area (Å²) in [6.07, 6.45) is -0.879. The van der Waals surface area contributed by atoms with Gasteiger partial charge in [0, 0.05) is 22.3 Å². The number of hydrogen-bond donors (Lipinski definition) is 1. The maximum absolute atomic E-state index is 11.7. The van der Waals surface area contributed by atoms with E-state index >= 15 is 0 Å². The molecule has 1 atom stereocenters. The van der Waals surface area contributed by atoms with E-state index in [1.54, 1.807) is 0 Å². The third-order valence-corrected chi connectivity index (χ3v) is 6.16. The summed E-state index contributed by atoms with van der Waals surface area (Å²) in [5.41, 5.74) is 6.45. The molecule has 3 aromatic rings. The quantitative estimate of drug-likeness (QED) is 0.457. The summed E-state index contributed by atoms with van der Waals surface area (Å²) in [4.78, 5) is 16.6. The number of halogens is 1. The summed E-state index contributed by atoms with van der Waals surface area (Å²) in [7, 11) is 0. The number of hydrogen-bond acceptors (Lipinski definition) is 4. The molecule has 0 radical (unpaired) electrons. The fourth-order valence-corrected chi connectivity index (χ4v) is 4.57. The maximum Gasteiger partial charge on any atom is 0.407 e. The number of aryl methyl sites for hydroxylation is 2. The van der Waals surface area contributed by atoms with Crippen molar-refractivity contribution in [3.05, 3.63) is 81.5 Å². The van der Waals surface area contributed by atoms with Crippen molar-refractivity contribution in [1.29, 1.82) is 0 Å². The summed E-state index contributed by atoms with van der Waals surface area (Å²) in [6.45, 7) is 11.2. The van der Waals surface area contributed by atoms with Crippen molar-refractivity contribution in [3.8, 4) is 17.0 Å². The molecule has 2 aromatic carbocycles. The second-order valence-electron chi connectivity index (χ2n) is 9.45. The lowest BCUT2D eigenvalue weighted by Gasteiger charge is -2.23. The molecule has 0 spiro atoms. The van der Waals surface area contributed by atoms with Gasteiger partial charge in [0.15, 0.2) is 6.10 Å². The molecule has 1 fully saturated rings. The van der Waals surface area contributed by atoms with Gasteiger partial charge in [-0.2, -0.15) is 0 Å². The van der Waals surface area contributed by atoms with Gasteiger partial charge in [-0.15, -0.1) is 0 Å². The van der Waals surface area contributed by atoms with Gasteiger partial charge >= 0.3 is 6.09 Å². The SMILES string of the molecule is Cc1cc(C(C)(C)C)c(Cl)cc1-c1cc(OCc2ccccc2)c([C@H]2CNC(=O)O2)c(C)n1. The predicted octanol–water partition coefficient (Wildman–Crippen LogP) is 6.68. The van der Waals surface area contributed by atoms with Crippen molar-refractivity contribution in [2.75, 3.05) is 6.54 Å². The number of pyridine rings is 1. The minimum atomic E-state index is -0.447. The van der Waals surface area contributed by atoms with E-state index in [0.29, 0.717) is 23.9 Å². The molecule has 1 aliphatic heterocycles. The Morgan fingerprint density at radius 1 is 1.15 bits per heavy atom. The molecule has 5 nitrogen and oxygen atoms in total. The van der Waals surface area contributed by atoms with E-state index in [1.807, 2.05) is 49.4 Å². The number of amides is 1. The van der Waals surface area contributed by atoms with Crippen LogP contribution in [0.4, 0.5) is 4.79 Å². The molecule has 1 aliphatic rings. The molecule has 0 aliphatic carbocycles. The molecule has 172 valence electrons. The number of nitrogens with zero attached hydrogens (tertiary/aromatic N) is 1. The smallest absolute Gasteiger partial charge is 0.407 e. The Hall–Kier alpha value is -3.05. The first-order chi connectivity index (χ1) is 15.6. The number of alkyl carbamates (subject to hydrolysis) is 1. The van der Waals surface area contributed by atoms with Crippen LogP contribution in [0, 0.1) is 13.8 Å². The zero-order valence-electron chi connectivity index (χ0n) is 19.7. The number of carbonyl (C=O) groups is 1. The molecule has 6 heteroatoms. The molecule has 33 heavy (non-hydrogen) atoms. The fraction of sp³-hybridized carbons (Fsp3) is 0.333. The summed E-state index contributed by atoms with van der Waals surface area (Å²) >= 11 is 6.68. The molecular weight excluding hydrogens is 436 g/mol. The molecule has 1 saturated heterocycles. The molecule has 2 heterocycles. The Morgan fingerprint density at radius 3 is 2.52 bits per heavy atom. The summed E-state index contributed by atoms with van der Waals surface area (Å²) in [5, 5.41) is 3.43. The van der Waals surface area contributed by atoms with Crippen LogP contribution in [0.15, 0.2) is 48.5 Å². The molecule has 1 amide bonds. The Morgan fingerprint density at radius 2 is 1.88 bits per heavy atom. The van der Waals surface area contributed by atoms with Gasteiger partial charge in [0.05, 0.1) is 17.8 Å². The van der Waals surface area contributed by atoms with Crippen LogP contribution in [0.1, 0.15) is 54.8 Å². The van der Waals surface area contributed by atoms with E-state index in [2.05, 4.69) is 39.1 Å². The zero-order chi connectivity index (χ0) is 23.8. The van der Waals surface area contributed by atoms with Gasteiger partial charge in [-0.3, -0.25) is 4.98 Å². The zero-order valence-corrected chi connectivity index (χ0v) is 20.4. The van der Waals surface area contributed by atoms with Crippen LogP contribution in [-0.4, -0.2) is 17.6 Å². The van der Waals surface area contributed by atoms with E-state index in [-0.39, 0.29) is 5.41 Å². The number of carbonyl (C=O) groups excluding carboxylic acids is 1. The maximum atomic E-state index is 11.7. The molecule has 0 bridgehead atoms. The fourth-order valence-electron chi connectivity index (χ4n) is 4.12. The van der Waals surface area contributed by atoms with Gasteiger partial charge in [-0.05, 0) is 42.0 Å². The Kier molecular flexibility index (Phi) is 6.35. The minimum Gasteiger partial charge on any atom is -0.488 e. The van der Waals surface area contributed by atoms with E-state index in [9.17, 15) is 4.79 Å². The highest BCUT2D eigenvalue weighted by Gasteiger charge is 2.30. The number of aromatic nitrogens is 1. The molecule has 0 saturated carbocycles. The van der Waals surface area contributed by atoms with Gasteiger partial charge in [-0.1, -0.05) is 68.8 Å². The second-order valence-corrected chi connectivity index (χ2v) is 9.86. The van der Waals surface area contributed by atoms with Crippen molar-refractivity contribution < 1.29 is 14.3 Å². The van der Waals surface area contributed by atoms with Gasteiger partial charge in [0.2, 0.25) is 0 Å². The van der Waals surface area contributed by atoms with Gasteiger partial charge in [-0.25, -0.2) is 4.79 Å². The van der Waals surface area contributed by atoms with Crippen molar-refractivity contribution >= 4 is 17.7 Å². The van der Waals surface area contributed by atoms with E-state index in [4.69, 9.17) is 26.1 Å². The normalized spacial score (nSPS) is 15.8. The summed E-state index contributed by atoms with van der Waals surface area (Å²) in [6, 6.07) is 16.0. The van der Waals surface area contributed by atoms with Crippen molar-refractivity contribution in [2.24, 2.45) is 0 Å².